The minimum atomic E-state index is -4.09. The fraction of sp³-hybridized carbons (Fsp3) is 0.700. The Morgan fingerprint density at radius 1 is 1.40 bits per heavy atom. The molecule has 0 radical (unpaired) electrons. The molecule has 15 heavy (non-hydrogen) atoms. The van der Waals surface area contributed by atoms with Crippen LogP contribution in [0, 0.1) is 5.92 Å². The molecule has 1 rings (SSSR count). The first-order valence-corrected chi connectivity index (χ1v) is 4.88. The summed E-state index contributed by atoms with van der Waals surface area (Å²) in [5.41, 5.74) is 0. The summed E-state index contributed by atoms with van der Waals surface area (Å²) < 4.78 is 36.9. The molecule has 0 spiro atoms. The van der Waals surface area contributed by atoms with Crippen LogP contribution in [0.4, 0.5) is 13.2 Å². The summed E-state index contributed by atoms with van der Waals surface area (Å²) >= 11 is 0. The van der Waals surface area contributed by atoms with Gasteiger partial charge in [0.1, 0.15) is 0 Å². The number of halogens is 3. The number of nitrogens with zero attached hydrogens (tertiary/aromatic N) is 1. The second-order valence-electron chi connectivity index (χ2n) is 3.76. The number of alkyl halides is 3. The Balaban J connectivity index is 2.36. The maximum atomic E-state index is 12.3. The molecule has 0 aromatic rings. The highest BCUT2D eigenvalue weighted by atomic mass is 19.4. The van der Waals surface area contributed by atoms with E-state index in [0.29, 0.717) is 13.1 Å². The SMILES string of the molecule is C=CC(=O)CN1CCC(C(F)(F)F)CC1. The van der Waals surface area contributed by atoms with Crippen LogP contribution in [0.3, 0.4) is 0 Å². The van der Waals surface area contributed by atoms with Crippen LogP contribution >= 0.6 is 0 Å². The first kappa shape index (κ1) is 12.2. The van der Waals surface area contributed by atoms with Gasteiger partial charge in [-0.05, 0) is 32.0 Å². The van der Waals surface area contributed by atoms with E-state index in [1.807, 2.05) is 0 Å². The number of ketones is 1. The van der Waals surface area contributed by atoms with Crippen molar-refractivity contribution in [1.29, 1.82) is 0 Å². The van der Waals surface area contributed by atoms with Crippen LogP contribution in [0.25, 0.3) is 0 Å². The van der Waals surface area contributed by atoms with Crippen LogP contribution in [0.1, 0.15) is 12.8 Å². The van der Waals surface area contributed by atoms with E-state index >= 15 is 0 Å². The van der Waals surface area contributed by atoms with E-state index in [1.54, 1.807) is 4.90 Å². The zero-order valence-electron chi connectivity index (χ0n) is 8.39. The number of carbonyl (C=O) groups is 1. The monoisotopic (exact) mass is 221 g/mol. The van der Waals surface area contributed by atoms with Crippen LogP contribution in [-0.2, 0) is 4.79 Å². The number of piperidine rings is 1. The van der Waals surface area contributed by atoms with Gasteiger partial charge in [0, 0.05) is 0 Å². The molecule has 0 aliphatic carbocycles. The lowest BCUT2D eigenvalue weighted by Gasteiger charge is -2.32. The number of likely N-dealkylation sites (tertiary alicyclic amines) is 1. The molecular weight excluding hydrogens is 207 g/mol. The quantitative estimate of drug-likeness (QED) is 0.679. The van der Waals surface area contributed by atoms with Crippen molar-refractivity contribution in [3.05, 3.63) is 12.7 Å². The summed E-state index contributed by atoms with van der Waals surface area (Å²) in [6, 6.07) is 0. The summed E-state index contributed by atoms with van der Waals surface area (Å²) in [5.74, 6) is -1.34. The smallest absolute Gasteiger partial charge is 0.296 e. The molecule has 0 unspecified atom stereocenters. The molecule has 0 amide bonds. The van der Waals surface area contributed by atoms with Gasteiger partial charge in [-0.3, -0.25) is 9.69 Å². The summed E-state index contributed by atoms with van der Waals surface area (Å²) in [4.78, 5) is 12.7. The van der Waals surface area contributed by atoms with E-state index in [2.05, 4.69) is 6.58 Å². The van der Waals surface area contributed by atoms with Gasteiger partial charge in [-0.2, -0.15) is 13.2 Å². The van der Waals surface area contributed by atoms with Crippen molar-refractivity contribution in [3.8, 4) is 0 Å². The predicted octanol–water partition coefficient (Wildman–Crippen LogP) is 2.02. The second-order valence-corrected chi connectivity index (χ2v) is 3.76. The van der Waals surface area contributed by atoms with Gasteiger partial charge in [0.25, 0.3) is 0 Å². The highest BCUT2D eigenvalue weighted by molar-refractivity contribution is 5.90. The summed E-state index contributed by atoms with van der Waals surface area (Å²) in [7, 11) is 0. The summed E-state index contributed by atoms with van der Waals surface area (Å²) in [5, 5.41) is 0. The molecular formula is C10H14F3NO. The Kier molecular flexibility index (Phi) is 3.90. The molecule has 1 fully saturated rings. The van der Waals surface area contributed by atoms with Crippen molar-refractivity contribution < 1.29 is 18.0 Å². The predicted molar refractivity (Wildman–Crippen MR) is 50.4 cm³/mol. The highest BCUT2D eigenvalue weighted by Gasteiger charge is 2.40. The average molecular weight is 221 g/mol. The van der Waals surface area contributed by atoms with Crippen molar-refractivity contribution in [1.82, 2.24) is 4.90 Å². The van der Waals surface area contributed by atoms with E-state index in [9.17, 15) is 18.0 Å². The fourth-order valence-electron chi connectivity index (χ4n) is 1.70. The molecule has 1 heterocycles. The van der Waals surface area contributed by atoms with E-state index in [1.165, 1.54) is 6.08 Å². The standard InChI is InChI=1S/C10H14F3NO/c1-2-9(15)7-14-5-3-8(4-6-14)10(11,12)13/h2,8H,1,3-7H2. The van der Waals surface area contributed by atoms with Crippen LogP contribution < -0.4 is 0 Å². The molecule has 0 N–H and O–H groups in total. The molecule has 1 saturated heterocycles. The van der Waals surface area contributed by atoms with Crippen LogP contribution in [0.2, 0.25) is 0 Å². The summed E-state index contributed by atoms with van der Waals surface area (Å²) in [6.45, 7) is 4.19. The first-order valence-electron chi connectivity index (χ1n) is 4.88. The Bertz CT molecular complexity index is 242. The van der Waals surface area contributed by atoms with Crippen molar-refractivity contribution in [3.63, 3.8) is 0 Å². The molecule has 2 nitrogen and oxygen atoms in total. The van der Waals surface area contributed by atoms with E-state index in [0.717, 1.165) is 0 Å². The lowest BCUT2D eigenvalue weighted by atomic mass is 9.96. The molecule has 5 heteroatoms. The third-order valence-electron chi connectivity index (χ3n) is 2.66. The maximum absolute atomic E-state index is 12.3. The Morgan fingerprint density at radius 3 is 2.33 bits per heavy atom. The third kappa shape index (κ3) is 3.66. The van der Waals surface area contributed by atoms with Crippen LogP contribution in [-0.4, -0.2) is 36.5 Å². The topological polar surface area (TPSA) is 20.3 Å². The maximum Gasteiger partial charge on any atom is 0.391 e. The van der Waals surface area contributed by atoms with Crippen molar-refractivity contribution in [2.45, 2.75) is 19.0 Å². The molecule has 1 aliphatic rings. The number of carbonyl (C=O) groups excluding carboxylic acids is 1. The number of hydrogen-bond donors (Lipinski definition) is 0. The lowest BCUT2D eigenvalue weighted by molar-refractivity contribution is -0.184. The van der Waals surface area contributed by atoms with Crippen LogP contribution in [0.5, 0.6) is 0 Å². The Labute approximate surface area is 86.7 Å². The summed E-state index contributed by atoms with van der Waals surface area (Å²) in [6.07, 6.45) is -2.70. The molecule has 1 aliphatic heterocycles. The Morgan fingerprint density at radius 2 is 1.93 bits per heavy atom. The van der Waals surface area contributed by atoms with Gasteiger partial charge in [-0.1, -0.05) is 6.58 Å². The van der Waals surface area contributed by atoms with Crippen molar-refractivity contribution in [2.24, 2.45) is 5.92 Å². The van der Waals surface area contributed by atoms with Gasteiger partial charge >= 0.3 is 6.18 Å². The second kappa shape index (κ2) is 4.79. The van der Waals surface area contributed by atoms with Gasteiger partial charge in [-0.15, -0.1) is 0 Å². The van der Waals surface area contributed by atoms with Gasteiger partial charge < -0.3 is 0 Å². The minimum absolute atomic E-state index is 0.0912. The van der Waals surface area contributed by atoms with E-state index in [-0.39, 0.29) is 25.2 Å². The average Bonchev–Trinajstić information content (AvgIpc) is 2.17. The Hall–Kier alpha value is -0.840. The molecule has 0 atom stereocenters. The van der Waals surface area contributed by atoms with E-state index < -0.39 is 12.1 Å². The highest BCUT2D eigenvalue weighted by Crippen LogP contribution is 2.33. The van der Waals surface area contributed by atoms with Gasteiger partial charge in [-0.25, -0.2) is 0 Å². The normalized spacial score (nSPS) is 20.2. The molecule has 0 aromatic heterocycles. The number of hydrogen-bond acceptors (Lipinski definition) is 2. The number of rotatable bonds is 3. The van der Waals surface area contributed by atoms with Gasteiger partial charge in [0.05, 0.1) is 12.5 Å². The fourth-order valence-corrected chi connectivity index (χ4v) is 1.70. The third-order valence-corrected chi connectivity index (χ3v) is 2.66. The molecule has 0 bridgehead atoms. The van der Waals surface area contributed by atoms with Gasteiger partial charge in [0.15, 0.2) is 5.78 Å². The van der Waals surface area contributed by atoms with Crippen molar-refractivity contribution >= 4 is 5.78 Å². The van der Waals surface area contributed by atoms with E-state index in [4.69, 9.17) is 0 Å². The zero-order chi connectivity index (χ0) is 11.5. The van der Waals surface area contributed by atoms with Gasteiger partial charge in [0.2, 0.25) is 0 Å². The molecule has 86 valence electrons. The first-order chi connectivity index (χ1) is 6.93. The van der Waals surface area contributed by atoms with Crippen LogP contribution in [0.15, 0.2) is 12.7 Å². The molecule has 0 saturated carbocycles. The molecule has 0 aromatic carbocycles. The lowest BCUT2D eigenvalue weighted by Crippen LogP contribution is -2.40. The largest absolute Gasteiger partial charge is 0.391 e. The van der Waals surface area contributed by atoms with Crippen molar-refractivity contribution in [2.75, 3.05) is 19.6 Å². The zero-order valence-corrected chi connectivity index (χ0v) is 8.39. The minimum Gasteiger partial charge on any atom is -0.296 e.